The number of rotatable bonds is 7. The summed E-state index contributed by atoms with van der Waals surface area (Å²) in [4.78, 5) is 36.8. The number of aromatic nitrogens is 1. The van der Waals surface area contributed by atoms with Crippen molar-refractivity contribution in [2.75, 3.05) is 10.6 Å². The molecule has 7 nitrogen and oxygen atoms in total. The van der Waals surface area contributed by atoms with Crippen molar-refractivity contribution >= 4 is 45.6 Å². The molecule has 0 fully saturated rings. The average Bonchev–Trinajstić information content (AvgIpc) is 3.14. The lowest BCUT2D eigenvalue weighted by atomic mass is 10.1. The molecule has 3 amide bonds. The molecule has 2 aromatic heterocycles. The number of carbonyl (C=O) groups is 2. The second kappa shape index (κ2) is 10.2. The van der Waals surface area contributed by atoms with Crippen molar-refractivity contribution < 1.29 is 14.0 Å². The van der Waals surface area contributed by atoms with Gasteiger partial charge in [0.05, 0.1) is 20.7 Å². The molecule has 3 N–H and O–H groups in total. The first-order chi connectivity index (χ1) is 14.9. The van der Waals surface area contributed by atoms with Gasteiger partial charge in [-0.2, -0.15) is 0 Å². The zero-order chi connectivity index (χ0) is 22.4. The van der Waals surface area contributed by atoms with Crippen LogP contribution in [0, 0.1) is 5.82 Å². The zero-order valence-corrected chi connectivity index (χ0v) is 18.1. The van der Waals surface area contributed by atoms with Crippen LogP contribution in [0.5, 0.6) is 0 Å². The number of anilines is 2. The lowest BCUT2D eigenvalue weighted by molar-refractivity contribution is -0.118. The van der Waals surface area contributed by atoms with E-state index in [0.717, 1.165) is 6.07 Å². The molecule has 10 heteroatoms. The van der Waals surface area contributed by atoms with Gasteiger partial charge >= 0.3 is 6.03 Å². The predicted molar refractivity (Wildman–Crippen MR) is 121 cm³/mol. The van der Waals surface area contributed by atoms with E-state index in [4.69, 9.17) is 11.6 Å². The van der Waals surface area contributed by atoms with E-state index in [1.54, 1.807) is 24.3 Å². The van der Waals surface area contributed by atoms with Gasteiger partial charge in [-0.05, 0) is 36.8 Å². The molecule has 1 aromatic carbocycles. The SMILES string of the molecule is CCC[C@@H](NC(=O)Nc1ccc(Cl)s1)C(=O)Nc1ccc(-n2ccccc2=O)cc1F. The fourth-order valence-corrected chi connectivity index (χ4v) is 3.80. The van der Waals surface area contributed by atoms with Crippen molar-refractivity contribution in [3.8, 4) is 5.69 Å². The number of hydrogen-bond acceptors (Lipinski definition) is 4. The number of nitrogens with zero attached hydrogens (tertiary/aromatic N) is 1. The summed E-state index contributed by atoms with van der Waals surface area (Å²) in [6.07, 6.45) is 2.51. The Morgan fingerprint density at radius 3 is 2.61 bits per heavy atom. The van der Waals surface area contributed by atoms with Crippen molar-refractivity contribution in [2.24, 2.45) is 0 Å². The maximum Gasteiger partial charge on any atom is 0.320 e. The molecular weight excluding hydrogens is 443 g/mol. The van der Waals surface area contributed by atoms with Crippen LogP contribution in [-0.4, -0.2) is 22.5 Å². The number of nitrogens with one attached hydrogen (secondary N) is 3. The molecule has 0 bridgehead atoms. The largest absolute Gasteiger partial charge is 0.326 e. The van der Waals surface area contributed by atoms with Gasteiger partial charge in [-0.25, -0.2) is 9.18 Å². The molecule has 0 aliphatic carbocycles. The van der Waals surface area contributed by atoms with E-state index >= 15 is 0 Å². The van der Waals surface area contributed by atoms with Crippen LogP contribution in [0.3, 0.4) is 0 Å². The monoisotopic (exact) mass is 462 g/mol. The van der Waals surface area contributed by atoms with Gasteiger partial charge in [0.25, 0.3) is 5.56 Å². The molecule has 0 radical (unpaired) electrons. The van der Waals surface area contributed by atoms with E-state index in [2.05, 4.69) is 16.0 Å². The van der Waals surface area contributed by atoms with Crippen LogP contribution in [0.15, 0.2) is 59.5 Å². The minimum atomic E-state index is -0.865. The molecule has 1 atom stereocenters. The van der Waals surface area contributed by atoms with E-state index < -0.39 is 23.8 Å². The van der Waals surface area contributed by atoms with E-state index in [0.29, 0.717) is 27.9 Å². The number of thiophene rings is 1. The van der Waals surface area contributed by atoms with Crippen LogP contribution in [0.2, 0.25) is 4.34 Å². The van der Waals surface area contributed by atoms with E-state index in [1.807, 2.05) is 6.92 Å². The Hall–Kier alpha value is -3.17. The molecule has 0 spiro atoms. The van der Waals surface area contributed by atoms with E-state index in [1.165, 1.54) is 40.3 Å². The van der Waals surface area contributed by atoms with Crippen molar-refractivity contribution in [2.45, 2.75) is 25.8 Å². The van der Waals surface area contributed by atoms with Gasteiger partial charge < -0.3 is 10.6 Å². The summed E-state index contributed by atoms with van der Waals surface area (Å²) in [5.41, 5.74) is -0.0201. The normalized spacial score (nSPS) is 11.6. The minimum absolute atomic E-state index is 0.0499. The molecule has 162 valence electrons. The number of benzene rings is 1. The van der Waals surface area contributed by atoms with Crippen molar-refractivity contribution in [3.63, 3.8) is 0 Å². The number of hydrogen-bond donors (Lipinski definition) is 3. The van der Waals surface area contributed by atoms with Crippen LogP contribution in [-0.2, 0) is 4.79 Å². The van der Waals surface area contributed by atoms with Crippen LogP contribution >= 0.6 is 22.9 Å². The topological polar surface area (TPSA) is 92.2 Å². The van der Waals surface area contributed by atoms with Gasteiger partial charge in [0, 0.05) is 18.3 Å². The Labute approximate surface area is 186 Å². The highest BCUT2D eigenvalue weighted by atomic mass is 35.5. The molecule has 0 aliphatic rings. The van der Waals surface area contributed by atoms with Gasteiger partial charge in [-0.15, -0.1) is 11.3 Å². The van der Waals surface area contributed by atoms with Gasteiger partial charge in [-0.1, -0.05) is 31.0 Å². The zero-order valence-electron chi connectivity index (χ0n) is 16.5. The third-order valence-electron chi connectivity index (χ3n) is 4.32. The van der Waals surface area contributed by atoms with Crippen molar-refractivity contribution in [3.05, 3.63) is 75.2 Å². The molecule has 0 saturated heterocycles. The van der Waals surface area contributed by atoms with E-state index in [9.17, 15) is 18.8 Å². The molecule has 0 unspecified atom stereocenters. The van der Waals surface area contributed by atoms with Crippen LogP contribution in [0.25, 0.3) is 5.69 Å². The van der Waals surface area contributed by atoms with E-state index in [-0.39, 0.29) is 11.2 Å². The molecule has 3 rings (SSSR count). The van der Waals surface area contributed by atoms with Gasteiger partial charge in [0.2, 0.25) is 5.91 Å². The number of urea groups is 1. The Bertz CT molecular complexity index is 1150. The number of amides is 3. The van der Waals surface area contributed by atoms with Crippen LogP contribution in [0.1, 0.15) is 19.8 Å². The van der Waals surface area contributed by atoms with Crippen LogP contribution in [0.4, 0.5) is 19.9 Å². The lowest BCUT2D eigenvalue weighted by Crippen LogP contribution is -2.45. The van der Waals surface area contributed by atoms with Crippen LogP contribution < -0.4 is 21.5 Å². The summed E-state index contributed by atoms with van der Waals surface area (Å²) in [5.74, 6) is -1.25. The Morgan fingerprint density at radius 2 is 1.97 bits per heavy atom. The second-order valence-electron chi connectivity index (χ2n) is 6.61. The summed E-state index contributed by atoms with van der Waals surface area (Å²) in [6.45, 7) is 1.87. The molecular formula is C21H20ClFN4O3S. The lowest BCUT2D eigenvalue weighted by Gasteiger charge is -2.18. The second-order valence-corrected chi connectivity index (χ2v) is 8.32. The molecule has 3 aromatic rings. The van der Waals surface area contributed by atoms with Gasteiger partial charge in [0.15, 0.2) is 0 Å². The summed E-state index contributed by atoms with van der Waals surface area (Å²) < 4.78 is 16.4. The Kier molecular flexibility index (Phi) is 7.43. The predicted octanol–water partition coefficient (Wildman–Crippen LogP) is 4.62. The first kappa shape index (κ1) is 22.5. The Morgan fingerprint density at radius 1 is 1.16 bits per heavy atom. The standard InChI is InChI=1S/C21H20ClFN4O3S/c1-2-5-16(25-21(30)26-18-10-9-17(22)31-18)20(29)24-15-8-7-13(12-14(15)23)27-11-4-3-6-19(27)28/h3-4,6-12,16H,2,5H2,1H3,(H,24,29)(H2,25,26,30)/t16-/m1/s1. The molecule has 0 saturated carbocycles. The minimum Gasteiger partial charge on any atom is -0.326 e. The fraction of sp³-hybridized carbons (Fsp3) is 0.190. The van der Waals surface area contributed by atoms with Crippen molar-refractivity contribution in [1.82, 2.24) is 9.88 Å². The number of carbonyl (C=O) groups excluding carboxylic acids is 2. The maximum atomic E-state index is 14.6. The molecule has 0 aliphatic heterocycles. The third kappa shape index (κ3) is 5.93. The summed E-state index contributed by atoms with van der Waals surface area (Å²) >= 11 is 7.03. The molecule has 2 heterocycles. The quantitative estimate of drug-likeness (QED) is 0.478. The first-order valence-electron chi connectivity index (χ1n) is 9.48. The summed E-state index contributed by atoms with van der Waals surface area (Å²) in [6, 6.07) is 10.5. The fourth-order valence-electron chi connectivity index (χ4n) is 2.86. The highest BCUT2D eigenvalue weighted by Gasteiger charge is 2.21. The van der Waals surface area contributed by atoms with Gasteiger partial charge in [-0.3, -0.25) is 19.5 Å². The molecule has 31 heavy (non-hydrogen) atoms. The highest BCUT2D eigenvalue weighted by Crippen LogP contribution is 2.25. The third-order valence-corrected chi connectivity index (χ3v) is 5.47. The highest BCUT2D eigenvalue weighted by molar-refractivity contribution is 7.20. The maximum absolute atomic E-state index is 14.6. The number of pyridine rings is 1. The smallest absolute Gasteiger partial charge is 0.320 e. The summed E-state index contributed by atoms with van der Waals surface area (Å²) in [7, 11) is 0. The Balaban J connectivity index is 1.69. The summed E-state index contributed by atoms with van der Waals surface area (Å²) in [5, 5.41) is 8.24. The van der Waals surface area contributed by atoms with Crippen molar-refractivity contribution in [1.29, 1.82) is 0 Å². The van der Waals surface area contributed by atoms with Gasteiger partial charge in [0.1, 0.15) is 11.9 Å². The number of halogens is 2. The average molecular weight is 463 g/mol. The first-order valence-corrected chi connectivity index (χ1v) is 10.7.